The Bertz CT molecular complexity index is 567. The van der Waals surface area contributed by atoms with Gasteiger partial charge in [-0.25, -0.2) is 0 Å². The number of nitriles is 1. The normalized spacial score (nSPS) is 11.2. The Morgan fingerprint density at radius 1 is 1.29 bits per heavy atom. The fourth-order valence-electron chi connectivity index (χ4n) is 1.25. The van der Waals surface area contributed by atoms with Crippen molar-refractivity contribution in [3.05, 3.63) is 35.7 Å². The maximum atomic E-state index is 12.4. The quantitative estimate of drug-likeness (QED) is 0.757. The maximum Gasteiger partial charge on any atom is 0.416 e. The number of tetrazole rings is 1. The third-order valence-electron chi connectivity index (χ3n) is 2.01. The summed E-state index contributed by atoms with van der Waals surface area (Å²) >= 11 is 0. The van der Waals surface area contributed by atoms with E-state index < -0.39 is 11.7 Å². The first-order valence-electron chi connectivity index (χ1n) is 4.37. The van der Waals surface area contributed by atoms with Crippen molar-refractivity contribution in [1.29, 1.82) is 5.26 Å². The molecule has 0 amide bonds. The van der Waals surface area contributed by atoms with Crippen LogP contribution in [-0.4, -0.2) is 20.2 Å². The molecule has 0 saturated heterocycles. The molecule has 0 atom stereocenters. The van der Waals surface area contributed by atoms with Crippen molar-refractivity contribution in [2.45, 2.75) is 6.18 Å². The first-order valence-corrected chi connectivity index (χ1v) is 4.37. The second-order valence-corrected chi connectivity index (χ2v) is 3.07. The predicted octanol–water partition coefficient (Wildman–Crippen LogP) is 1.55. The monoisotopic (exact) mass is 239 g/mol. The summed E-state index contributed by atoms with van der Waals surface area (Å²) in [6.45, 7) is 0. The highest BCUT2D eigenvalue weighted by molar-refractivity contribution is 5.49. The first-order chi connectivity index (χ1) is 8.02. The molecule has 1 aromatic heterocycles. The van der Waals surface area contributed by atoms with Crippen LogP contribution in [0.1, 0.15) is 11.1 Å². The van der Waals surface area contributed by atoms with E-state index in [0.29, 0.717) is 0 Å². The molecule has 17 heavy (non-hydrogen) atoms. The lowest BCUT2D eigenvalue weighted by Gasteiger charge is -2.08. The average Bonchev–Trinajstić information content (AvgIpc) is 2.80. The van der Waals surface area contributed by atoms with Gasteiger partial charge >= 0.3 is 6.18 Å². The molecule has 0 fully saturated rings. The molecule has 8 heteroatoms. The van der Waals surface area contributed by atoms with Gasteiger partial charge in [0.15, 0.2) is 6.33 Å². The van der Waals surface area contributed by atoms with Crippen molar-refractivity contribution in [1.82, 2.24) is 20.2 Å². The van der Waals surface area contributed by atoms with Crippen LogP contribution in [0, 0.1) is 11.3 Å². The van der Waals surface area contributed by atoms with E-state index in [0.717, 1.165) is 29.3 Å². The van der Waals surface area contributed by atoms with Crippen molar-refractivity contribution >= 4 is 0 Å². The molecular formula is C9H4F3N5. The zero-order valence-electron chi connectivity index (χ0n) is 8.18. The minimum absolute atomic E-state index is 0.151. The third-order valence-corrected chi connectivity index (χ3v) is 2.01. The molecule has 2 rings (SSSR count). The minimum atomic E-state index is -4.49. The zero-order valence-corrected chi connectivity index (χ0v) is 8.18. The largest absolute Gasteiger partial charge is 0.416 e. The van der Waals surface area contributed by atoms with Crippen LogP contribution in [0.4, 0.5) is 13.2 Å². The minimum Gasteiger partial charge on any atom is -0.192 e. The first kappa shape index (κ1) is 11.1. The van der Waals surface area contributed by atoms with Crippen LogP contribution >= 0.6 is 0 Å². The van der Waals surface area contributed by atoms with Gasteiger partial charge in [-0.1, -0.05) is 0 Å². The predicted molar refractivity (Wildman–Crippen MR) is 48.9 cm³/mol. The summed E-state index contributed by atoms with van der Waals surface area (Å²) in [5, 5.41) is 19.4. The highest BCUT2D eigenvalue weighted by Crippen LogP contribution is 2.30. The molecule has 5 nitrogen and oxygen atoms in total. The smallest absolute Gasteiger partial charge is 0.192 e. The summed E-state index contributed by atoms with van der Waals surface area (Å²) in [4.78, 5) is 0.985. The Balaban J connectivity index is 2.55. The van der Waals surface area contributed by atoms with Gasteiger partial charge < -0.3 is 0 Å². The van der Waals surface area contributed by atoms with Crippen LogP contribution in [0.5, 0.6) is 0 Å². The van der Waals surface area contributed by atoms with Crippen molar-refractivity contribution in [2.24, 2.45) is 0 Å². The average molecular weight is 239 g/mol. The van der Waals surface area contributed by atoms with Gasteiger partial charge in [0, 0.05) is 0 Å². The molecular weight excluding hydrogens is 235 g/mol. The Morgan fingerprint density at radius 2 is 2.06 bits per heavy atom. The number of aromatic nitrogens is 4. The molecule has 0 aliphatic carbocycles. The molecule has 0 spiro atoms. The Labute approximate surface area is 93.1 Å². The second kappa shape index (κ2) is 3.86. The number of benzene rings is 1. The third kappa shape index (κ3) is 2.08. The molecule has 0 saturated carbocycles. The van der Waals surface area contributed by atoms with Gasteiger partial charge in [-0.3, -0.25) is 0 Å². The summed E-state index contributed by atoms with van der Waals surface area (Å²) in [7, 11) is 0. The van der Waals surface area contributed by atoms with Crippen molar-refractivity contribution in [3.8, 4) is 11.8 Å². The number of hydrogen-bond donors (Lipinski definition) is 0. The fourth-order valence-corrected chi connectivity index (χ4v) is 1.25. The number of hydrogen-bond acceptors (Lipinski definition) is 4. The van der Waals surface area contributed by atoms with E-state index in [4.69, 9.17) is 5.26 Å². The van der Waals surface area contributed by atoms with E-state index in [1.54, 1.807) is 6.07 Å². The van der Waals surface area contributed by atoms with E-state index in [2.05, 4.69) is 15.4 Å². The van der Waals surface area contributed by atoms with Gasteiger partial charge in [0.2, 0.25) is 0 Å². The summed E-state index contributed by atoms with van der Waals surface area (Å²) in [5.41, 5.74) is -0.909. The van der Waals surface area contributed by atoms with Gasteiger partial charge in [-0.15, -0.1) is 15.0 Å². The summed E-state index contributed by atoms with van der Waals surface area (Å²) in [6, 6.07) is 4.41. The Morgan fingerprint density at radius 3 is 2.59 bits per heavy atom. The van der Waals surface area contributed by atoms with E-state index in [9.17, 15) is 13.2 Å². The van der Waals surface area contributed by atoms with Crippen LogP contribution in [0.2, 0.25) is 0 Å². The second-order valence-electron chi connectivity index (χ2n) is 3.07. The lowest BCUT2D eigenvalue weighted by Crippen LogP contribution is -2.08. The molecule has 0 aliphatic heterocycles. The van der Waals surface area contributed by atoms with E-state index in [1.165, 1.54) is 0 Å². The highest BCUT2D eigenvalue weighted by atomic mass is 19.4. The molecule has 0 N–H and O–H groups in total. The molecule has 86 valence electrons. The maximum absolute atomic E-state index is 12.4. The number of rotatable bonds is 1. The summed E-state index contributed by atoms with van der Waals surface area (Å²) < 4.78 is 37.3. The highest BCUT2D eigenvalue weighted by Gasteiger charge is 2.31. The molecule has 1 aromatic carbocycles. The van der Waals surface area contributed by atoms with Gasteiger partial charge in [-0.05, 0) is 23.4 Å². The fraction of sp³-hybridized carbons (Fsp3) is 0.111. The van der Waals surface area contributed by atoms with Crippen LogP contribution < -0.4 is 0 Å². The lowest BCUT2D eigenvalue weighted by molar-refractivity contribution is -0.137. The van der Waals surface area contributed by atoms with E-state index in [1.807, 2.05) is 0 Å². The van der Waals surface area contributed by atoms with Gasteiger partial charge in [0.25, 0.3) is 0 Å². The molecule has 0 aliphatic rings. The van der Waals surface area contributed by atoms with Gasteiger partial charge in [0.05, 0.1) is 11.1 Å². The SMILES string of the molecule is N#Cc1cc(C(F)(F)F)ccc1-n1ncnn1. The van der Waals surface area contributed by atoms with Crippen molar-refractivity contribution in [2.75, 3.05) is 0 Å². The van der Waals surface area contributed by atoms with E-state index in [-0.39, 0.29) is 11.3 Å². The van der Waals surface area contributed by atoms with Crippen LogP contribution in [-0.2, 0) is 6.18 Å². The number of nitrogens with zero attached hydrogens (tertiary/aromatic N) is 5. The van der Waals surface area contributed by atoms with Crippen molar-refractivity contribution < 1.29 is 13.2 Å². The molecule has 1 heterocycles. The standard InChI is InChI=1S/C9H4F3N5/c10-9(11,12)7-1-2-8(6(3-7)4-13)17-15-5-14-16-17/h1-3,5H. The van der Waals surface area contributed by atoms with E-state index >= 15 is 0 Å². The topological polar surface area (TPSA) is 67.4 Å². The Hall–Kier alpha value is -2.43. The van der Waals surface area contributed by atoms with Crippen LogP contribution in [0.3, 0.4) is 0 Å². The van der Waals surface area contributed by atoms with Gasteiger partial charge in [0.1, 0.15) is 11.8 Å². The molecule has 0 bridgehead atoms. The summed E-state index contributed by atoms with van der Waals surface area (Å²) in [5.74, 6) is 0. The zero-order chi connectivity index (χ0) is 12.5. The lowest BCUT2D eigenvalue weighted by atomic mass is 10.1. The molecule has 2 aromatic rings. The van der Waals surface area contributed by atoms with Gasteiger partial charge in [-0.2, -0.15) is 18.4 Å². The van der Waals surface area contributed by atoms with Crippen LogP contribution in [0.25, 0.3) is 5.69 Å². The molecule has 0 unspecified atom stereocenters. The number of alkyl halides is 3. The number of halogens is 3. The Kier molecular flexibility index (Phi) is 2.51. The van der Waals surface area contributed by atoms with Crippen molar-refractivity contribution in [3.63, 3.8) is 0 Å². The van der Waals surface area contributed by atoms with Crippen LogP contribution in [0.15, 0.2) is 24.5 Å². The molecule has 0 radical (unpaired) electrons. The summed E-state index contributed by atoms with van der Waals surface area (Å²) in [6.07, 6.45) is -3.36.